The maximum atomic E-state index is 13.9. The summed E-state index contributed by atoms with van der Waals surface area (Å²) >= 11 is 0. The lowest BCUT2D eigenvalue weighted by atomic mass is 9.96. The van der Waals surface area contributed by atoms with Crippen molar-refractivity contribution in [3.05, 3.63) is 89.1 Å². The Bertz CT molecular complexity index is 1070. The molecule has 0 aliphatic heterocycles. The van der Waals surface area contributed by atoms with Crippen LogP contribution in [-0.2, 0) is 6.18 Å². The summed E-state index contributed by atoms with van der Waals surface area (Å²) < 4.78 is 51.7. The molecule has 0 saturated heterocycles. The van der Waals surface area contributed by atoms with Crippen LogP contribution in [0.15, 0.2) is 66.5 Å². The zero-order chi connectivity index (χ0) is 21.2. The second kappa shape index (κ2) is 7.95. The van der Waals surface area contributed by atoms with Gasteiger partial charge in [-0.25, -0.2) is 4.39 Å². The van der Waals surface area contributed by atoms with E-state index in [0.29, 0.717) is 28.0 Å². The van der Waals surface area contributed by atoms with Gasteiger partial charge in [0.15, 0.2) is 5.78 Å². The van der Waals surface area contributed by atoms with Gasteiger partial charge in [-0.15, -0.1) is 0 Å². The molecule has 2 heterocycles. The van der Waals surface area contributed by atoms with Crippen molar-refractivity contribution in [2.75, 3.05) is 0 Å². The van der Waals surface area contributed by atoms with Crippen LogP contribution in [0.3, 0.4) is 0 Å². The lowest BCUT2D eigenvalue weighted by Crippen LogP contribution is -2.07. The summed E-state index contributed by atoms with van der Waals surface area (Å²) in [5.41, 5.74) is 1.55. The lowest BCUT2D eigenvalue weighted by Gasteiger charge is -2.10. The van der Waals surface area contributed by atoms with E-state index < -0.39 is 23.5 Å². The fraction of sp³-hybridized carbons (Fsp3) is 0.136. The number of hydrogen-bond acceptors (Lipinski definition) is 3. The topological polar surface area (TPSA) is 42.9 Å². The van der Waals surface area contributed by atoms with E-state index in [1.54, 1.807) is 32.0 Å². The standard InChI is InChI=1S/C22H16F4N2O/c1-13(14(2)21(29)17-5-3-4-6-18(17)23)15-7-9-19(27-11-15)16-8-10-20(28-12-16)22(24,25)26/h3-12H,1-2H3/b14-13+. The summed E-state index contributed by atoms with van der Waals surface area (Å²) in [5, 5.41) is 0. The third kappa shape index (κ3) is 4.39. The maximum Gasteiger partial charge on any atom is 0.433 e. The van der Waals surface area contributed by atoms with Gasteiger partial charge in [0.25, 0.3) is 0 Å². The number of Topliss-reactive ketones (excluding diaryl/α,β-unsaturated/α-hetero) is 1. The van der Waals surface area contributed by atoms with Crippen LogP contribution in [0.2, 0.25) is 0 Å². The number of aromatic nitrogens is 2. The van der Waals surface area contributed by atoms with Gasteiger partial charge in [0, 0.05) is 23.5 Å². The van der Waals surface area contributed by atoms with Crippen LogP contribution in [0.5, 0.6) is 0 Å². The van der Waals surface area contributed by atoms with Gasteiger partial charge in [0.1, 0.15) is 11.5 Å². The number of benzene rings is 1. The molecule has 0 saturated carbocycles. The van der Waals surface area contributed by atoms with Gasteiger partial charge in [-0.2, -0.15) is 13.2 Å². The number of halogens is 4. The Morgan fingerprint density at radius 3 is 2.17 bits per heavy atom. The number of allylic oxidation sites excluding steroid dienone is 2. The van der Waals surface area contributed by atoms with Crippen LogP contribution in [-0.4, -0.2) is 15.8 Å². The highest BCUT2D eigenvalue weighted by molar-refractivity contribution is 6.12. The van der Waals surface area contributed by atoms with Crippen molar-refractivity contribution in [1.29, 1.82) is 0 Å². The zero-order valence-corrected chi connectivity index (χ0v) is 15.6. The van der Waals surface area contributed by atoms with Crippen LogP contribution in [0, 0.1) is 5.82 Å². The fourth-order valence-corrected chi connectivity index (χ4v) is 2.73. The van der Waals surface area contributed by atoms with Gasteiger partial charge in [0.05, 0.1) is 11.3 Å². The molecule has 3 rings (SSSR count). The summed E-state index contributed by atoms with van der Waals surface area (Å²) in [4.78, 5) is 20.2. The van der Waals surface area contributed by atoms with Crippen molar-refractivity contribution in [2.45, 2.75) is 20.0 Å². The van der Waals surface area contributed by atoms with Crippen LogP contribution in [0.4, 0.5) is 17.6 Å². The van der Waals surface area contributed by atoms with E-state index in [4.69, 9.17) is 0 Å². The van der Waals surface area contributed by atoms with Crippen LogP contribution in [0.25, 0.3) is 16.8 Å². The molecule has 148 valence electrons. The predicted molar refractivity (Wildman–Crippen MR) is 101 cm³/mol. The van der Waals surface area contributed by atoms with Crippen molar-refractivity contribution < 1.29 is 22.4 Å². The Labute approximate surface area is 164 Å². The normalized spacial score (nSPS) is 12.5. The number of carbonyl (C=O) groups excluding carboxylic acids is 1. The number of alkyl halides is 3. The third-order valence-electron chi connectivity index (χ3n) is 4.57. The second-order valence-electron chi connectivity index (χ2n) is 6.42. The molecule has 0 spiro atoms. The summed E-state index contributed by atoms with van der Waals surface area (Å²) in [6.45, 7) is 3.34. The number of pyridine rings is 2. The predicted octanol–water partition coefficient (Wildman–Crippen LogP) is 5.98. The molecule has 0 fully saturated rings. The summed E-state index contributed by atoms with van der Waals surface area (Å²) in [7, 11) is 0. The fourth-order valence-electron chi connectivity index (χ4n) is 2.73. The molecule has 2 aromatic heterocycles. The monoisotopic (exact) mass is 400 g/mol. The Balaban J connectivity index is 1.86. The molecule has 7 heteroatoms. The minimum Gasteiger partial charge on any atom is -0.289 e. The van der Waals surface area contributed by atoms with Gasteiger partial charge in [0.2, 0.25) is 0 Å². The van der Waals surface area contributed by atoms with Crippen molar-refractivity contribution in [3.63, 3.8) is 0 Å². The van der Waals surface area contributed by atoms with E-state index >= 15 is 0 Å². The first kappa shape index (κ1) is 20.4. The SMILES string of the molecule is C/C(C(=O)c1ccccc1F)=C(/C)c1ccc(-c2ccc(C(F)(F)F)nc2)nc1. The van der Waals surface area contributed by atoms with Crippen LogP contribution >= 0.6 is 0 Å². The Kier molecular flexibility index (Phi) is 5.59. The third-order valence-corrected chi connectivity index (χ3v) is 4.57. The first-order chi connectivity index (χ1) is 13.7. The highest BCUT2D eigenvalue weighted by Gasteiger charge is 2.32. The van der Waals surface area contributed by atoms with Crippen molar-refractivity contribution in [1.82, 2.24) is 9.97 Å². The molecule has 1 aromatic carbocycles. The number of ketones is 1. The molecule has 0 N–H and O–H groups in total. The highest BCUT2D eigenvalue weighted by atomic mass is 19.4. The first-order valence-corrected chi connectivity index (χ1v) is 8.65. The highest BCUT2D eigenvalue weighted by Crippen LogP contribution is 2.29. The van der Waals surface area contributed by atoms with Crippen LogP contribution in [0.1, 0.15) is 35.5 Å². The summed E-state index contributed by atoms with van der Waals surface area (Å²) in [6.07, 6.45) is -1.87. The molecule has 29 heavy (non-hydrogen) atoms. The molecule has 0 amide bonds. The Morgan fingerprint density at radius 2 is 1.62 bits per heavy atom. The van der Waals surface area contributed by atoms with E-state index in [-0.39, 0.29) is 5.56 Å². The van der Waals surface area contributed by atoms with Crippen molar-refractivity contribution in [2.24, 2.45) is 0 Å². The number of nitrogens with zero attached hydrogens (tertiary/aromatic N) is 2. The largest absolute Gasteiger partial charge is 0.433 e. The first-order valence-electron chi connectivity index (χ1n) is 8.65. The smallest absolute Gasteiger partial charge is 0.289 e. The molecule has 0 radical (unpaired) electrons. The number of carbonyl (C=O) groups is 1. The number of hydrogen-bond donors (Lipinski definition) is 0. The molecule has 0 aliphatic carbocycles. The van der Waals surface area contributed by atoms with Gasteiger partial charge in [-0.3, -0.25) is 14.8 Å². The maximum absolute atomic E-state index is 13.9. The Hall–Kier alpha value is -3.35. The lowest BCUT2D eigenvalue weighted by molar-refractivity contribution is -0.141. The van der Waals surface area contributed by atoms with Gasteiger partial charge in [-0.1, -0.05) is 18.2 Å². The van der Waals surface area contributed by atoms with Gasteiger partial charge in [-0.05, 0) is 55.3 Å². The average Bonchev–Trinajstić information content (AvgIpc) is 2.72. The van der Waals surface area contributed by atoms with Crippen LogP contribution < -0.4 is 0 Å². The quantitative estimate of drug-likeness (QED) is 0.307. The van der Waals surface area contributed by atoms with E-state index in [9.17, 15) is 22.4 Å². The van der Waals surface area contributed by atoms with E-state index in [1.165, 1.54) is 30.5 Å². The minimum atomic E-state index is -4.50. The van der Waals surface area contributed by atoms with Gasteiger partial charge < -0.3 is 0 Å². The van der Waals surface area contributed by atoms with Crippen molar-refractivity contribution in [3.8, 4) is 11.3 Å². The van der Waals surface area contributed by atoms with E-state index in [2.05, 4.69) is 9.97 Å². The second-order valence-corrected chi connectivity index (χ2v) is 6.42. The average molecular weight is 400 g/mol. The Morgan fingerprint density at radius 1 is 0.897 bits per heavy atom. The minimum absolute atomic E-state index is 0.00948. The molecular weight excluding hydrogens is 384 g/mol. The van der Waals surface area contributed by atoms with E-state index in [1.807, 2.05) is 0 Å². The molecule has 3 aromatic rings. The molecule has 0 bridgehead atoms. The summed E-state index contributed by atoms with van der Waals surface area (Å²) in [5.74, 6) is -1.01. The molecule has 0 unspecified atom stereocenters. The number of rotatable bonds is 4. The molecule has 3 nitrogen and oxygen atoms in total. The summed E-state index contributed by atoms with van der Waals surface area (Å²) in [6, 6.07) is 11.3. The van der Waals surface area contributed by atoms with E-state index in [0.717, 1.165) is 12.3 Å². The molecular formula is C22H16F4N2O. The molecule has 0 atom stereocenters. The van der Waals surface area contributed by atoms with Gasteiger partial charge >= 0.3 is 6.18 Å². The zero-order valence-electron chi connectivity index (χ0n) is 15.6. The molecule has 0 aliphatic rings. The van der Waals surface area contributed by atoms with Crippen molar-refractivity contribution >= 4 is 11.4 Å².